The third-order valence-corrected chi connectivity index (χ3v) is 5.24. The molecule has 4 aromatic rings. The molecule has 0 aliphatic heterocycles. The molecule has 0 unspecified atom stereocenters. The fraction of sp³-hybridized carbons (Fsp3) is 0.217. The molecule has 4 rings (SSSR count). The zero-order valence-electron chi connectivity index (χ0n) is 17.8. The van der Waals surface area contributed by atoms with E-state index >= 15 is 0 Å². The molecule has 1 aromatic carbocycles. The normalized spacial score (nSPS) is 11.7. The lowest BCUT2D eigenvalue weighted by atomic mass is 10.1. The molecule has 33 heavy (non-hydrogen) atoms. The van der Waals surface area contributed by atoms with Crippen LogP contribution in [-0.2, 0) is 12.7 Å². The van der Waals surface area contributed by atoms with Crippen LogP contribution in [0.1, 0.15) is 21.7 Å². The summed E-state index contributed by atoms with van der Waals surface area (Å²) in [5.74, 6) is -0.271. The number of benzene rings is 1. The van der Waals surface area contributed by atoms with Crippen LogP contribution in [-0.4, -0.2) is 44.4 Å². The van der Waals surface area contributed by atoms with E-state index in [1.165, 1.54) is 27.9 Å². The predicted octanol–water partition coefficient (Wildman–Crippen LogP) is 4.09. The maximum Gasteiger partial charge on any atom is 0.433 e. The van der Waals surface area contributed by atoms with Crippen LogP contribution in [0.3, 0.4) is 0 Å². The fourth-order valence-electron chi connectivity index (χ4n) is 3.59. The van der Waals surface area contributed by atoms with Crippen LogP contribution in [0.2, 0.25) is 0 Å². The second kappa shape index (κ2) is 8.62. The molecule has 3 heterocycles. The average Bonchev–Trinajstić information content (AvgIpc) is 3.25. The number of amides is 1. The lowest BCUT2D eigenvalue weighted by Crippen LogP contribution is -2.29. The van der Waals surface area contributed by atoms with Gasteiger partial charge in [-0.2, -0.15) is 18.3 Å². The standard InChI is InChI=1S/C23H20F3N5O2/c1-14-13-15(16-4-5-18-17(28-16)6-8-21(29-18)23(24,25)26)3-7-19(14)30(2)22(33)20-9-10-27-31(20)11-12-32/h3-10,13,32H,11-12H2,1-2H3. The van der Waals surface area contributed by atoms with Gasteiger partial charge in [0.15, 0.2) is 0 Å². The van der Waals surface area contributed by atoms with Gasteiger partial charge in [0, 0.05) is 24.5 Å². The summed E-state index contributed by atoms with van der Waals surface area (Å²) in [6.07, 6.45) is -3.01. The number of hydrogen-bond acceptors (Lipinski definition) is 5. The lowest BCUT2D eigenvalue weighted by molar-refractivity contribution is -0.140. The van der Waals surface area contributed by atoms with Gasteiger partial charge in [-0.15, -0.1) is 0 Å². The number of fused-ring (bicyclic) bond motifs is 1. The molecule has 1 amide bonds. The Bertz CT molecular complexity index is 1330. The third-order valence-electron chi connectivity index (χ3n) is 5.24. The Morgan fingerprint density at radius 3 is 2.48 bits per heavy atom. The molecule has 10 heteroatoms. The summed E-state index contributed by atoms with van der Waals surface area (Å²) in [4.78, 5) is 22.5. The van der Waals surface area contributed by atoms with E-state index in [0.29, 0.717) is 22.6 Å². The first-order valence-electron chi connectivity index (χ1n) is 10.1. The first kappa shape index (κ1) is 22.4. The van der Waals surface area contributed by atoms with Gasteiger partial charge in [-0.3, -0.25) is 9.48 Å². The molecule has 0 radical (unpaired) electrons. The van der Waals surface area contributed by atoms with Crippen molar-refractivity contribution >= 4 is 22.6 Å². The summed E-state index contributed by atoms with van der Waals surface area (Å²) in [7, 11) is 1.65. The number of aryl methyl sites for hydroxylation is 1. The Morgan fingerprint density at radius 1 is 1.06 bits per heavy atom. The Morgan fingerprint density at radius 2 is 1.79 bits per heavy atom. The number of aromatic nitrogens is 4. The first-order valence-corrected chi connectivity index (χ1v) is 10.1. The Balaban J connectivity index is 1.62. The van der Waals surface area contributed by atoms with Crippen LogP contribution in [0, 0.1) is 6.92 Å². The molecule has 0 spiro atoms. The topological polar surface area (TPSA) is 84.1 Å². The summed E-state index contributed by atoms with van der Waals surface area (Å²) >= 11 is 0. The van der Waals surface area contributed by atoms with Crippen LogP contribution in [0.5, 0.6) is 0 Å². The second-order valence-electron chi connectivity index (χ2n) is 7.46. The molecule has 1 N–H and O–H groups in total. The van der Waals surface area contributed by atoms with Gasteiger partial charge in [-0.1, -0.05) is 6.07 Å². The minimum absolute atomic E-state index is 0.134. The van der Waals surface area contributed by atoms with Gasteiger partial charge in [0.05, 0.1) is 29.9 Å². The number of carbonyl (C=O) groups excluding carboxylic acids is 1. The van der Waals surface area contributed by atoms with Crippen molar-refractivity contribution in [2.45, 2.75) is 19.6 Å². The Hall–Kier alpha value is -3.79. The number of alkyl halides is 3. The minimum atomic E-state index is -4.51. The summed E-state index contributed by atoms with van der Waals surface area (Å²) < 4.78 is 40.1. The fourth-order valence-corrected chi connectivity index (χ4v) is 3.59. The van der Waals surface area contributed by atoms with Crippen molar-refractivity contribution in [2.75, 3.05) is 18.6 Å². The molecule has 0 aliphatic rings. The van der Waals surface area contributed by atoms with E-state index in [-0.39, 0.29) is 24.6 Å². The lowest BCUT2D eigenvalue weighted by Gasteiger charge is -2.20. The van der Waals surface area contributed by atoms with E-state index in [1.54, 1.807) is 31.3 Å². The van der Waals surface area contributed by atoms with Crippen molar-refractivity contribution in [3.63, 3.8) is 0 Å². The minimum Gasteiger partial charge on any atom is -0.394 e. The van der Waals surface area contributed by atoms with Crippen molar-refractivity contribution in [1.29, 1.82) is 0 Å². The zero-order chi connectivity index (χ0) is 23.8. The molecule has 7 nitrogen and oxygen atoms in total. The number of anilines is 1. The van der Waals surface area contributed by atoms with E-state index < -0.39 is 11.9 Å². The van der Waals surface area contributed by atoms with Crippen LogP contribution in [0.4, 0.5) is 18.9 Å². The number of rotatable bonds is 5. The second-order valence-corrected chi connectivity index (χ2v) is 7.46. The third kappa shape index (κ3) is 4.42. The van der Waals surface area contributed by atoms with Gasteiger partial charge in [-0.05, 0) is 55.0 Å². The zero-order valence-corrected chi connectivity index (χ0v) is 17.8. The average molecular weight is 455 g/mol. The highest BCUT2D eigenvalue weighted by Gasteiger charge is 2.32. The van der Waals surface area contributed by atoms with Crippen LogP contribution >= 0.6 is 0 Å². The Labute approximate surface area is 187 Å². The monoisotopic (exact) mass is 455 g/mol. The van der Waals surface area contributed by atoms with Crippen molar-refractivity contribution in [1.82, 2.24) is 19.7 Å². The Kier molecular flexibility index (Phi) is 5.86. The van der Waals surface area contributed by atoms with Crippen molar-refractivity contribution in [3.8, 4) is 11.3 Å². The molecular formula is C23H20F3N5O2. The van der Waals surface area contributed by atoms with Gasteiger partial charge in [0.25, 0.3) is 5.91 Å². The number of carbonyl (C=O) groups is 1. The van der Waals surface area contributed by atoms with Gasteiger partial charge >= 0.3 is 6.18 Å². The molecule has 3 aromatic heterocycles. The molecular weight excluding hydrogens is 435 g/mol. The largest absolute Gasteiger partial charge is 0.433 e. The quantitative estimate of drug-likeness (QED) is 0.490. The summed E-state index contributed by atoms with van der Waals surface area (Å²) in [6, 6.07) is 12.4. The molecule has 0 bridgehead atoms. The number of aliphatic hydroxyl groups excluding tert-OH is 1. The molecule has 0 atom stereocenters. The highest BCUT2D eigenvalue weighted by Crippen LogP contribution is 2.30. The van der Waals surface area contributed by atoms with Gasteiger partial charge in [0.2, 0.25) is 0 Å². The summed E-state index contributed by atoms with van der Waals surface area (Å²) in [5, 5.41) is 13.2. The van der Waals surface area contributed by atoms with E-state index in [2.05, 4.69) is 15.1 Å². The van der Waals surface area contributed by atoms with Crippen molar-refractivity contribution in [2.24, 2.45) is 0 Å². The SMILES string of the molecule is Cc1cc(-c2ccc3nc(C(F)(F)F)ccc3n2)ccc1N(C)C(=O)c1ccnn1CCO. The molecule has 0 saturated heterocycles. The van der Waals surface area contributed by atoms with E-state index in [1.807, 2.05) is 13.0 Å². The summed E-state index contributed by atoms with van der Waals surface area (Å²) in [5.41, 5.74) is 2.73. The number of nitrogens with zero attached hydrogens (tertiary/aromatic N) is 5. The van der Waals surface area contributed by atoms with Gasteiger partial charge in [0.1, 0.15) is 11.4 Å². The smallest absolute Gasteiger partial charge is 0.394 e. The number of aliphatic hydroxyl groups is 1. The maximum atomic E-state index is 12.9. The first-order chi connectivity index (χ1) is 15.7. The van der Waals surface area contributed by atoms with Crippen molar-refractivity contribution < 1.29 is 23.1 Å². The van der Waals surface area contributed by atoms with E-state index in [4.69, 9.17) is 5.11 Å². The molecule has 0 saturated carbocycles. The predicted molar refractivity (Wildman–Crippen MR) is 117 cm³/mol. The molecule has 0 aliphatic carbocycles. The highest BCUT2D eigenvalue weighted by molar-refractivity contribution is 6.05. The highest BCUT2D eigenvalue weighted by atomic mass is 19.4. The number of hydrogen-bond donors (Lipinski definition) is 1. The van der Waals surface area contributed by atoms with Crippen molar-refractivity contribution in [3.05, 3.63) is 71.7 Å². The van der Waals surface area contributed by atoms with Crippen LogP contribution in [0.15, 0.2) is 54.7 Å². The van der Waals surface area contributed by atoms with E-state index in [9.17, 15) is 18.0 Å². The maximum absolute atomic E-state index is 12.9. The van der Waals surface area contributed by atoms with Gasteiger partial charge in [-0.25, -0.2) is 9.97 Å². The van der Waals surface area contributed by atoms with E-state index in [0.717, 1.165) is 17.2 Å². The number of pyridine rings is 2. The summed E-state index contributed by atoms with van der Waals surface area (Å²) in [6.45, 7) is 1.93. The number of halogens is 3. The molecule has 0 fully saturated rings. The van der Waals surface area contributed by atoms with Crippen LogP contribution in [0.25, 0.3) is 22.3 Å². The molecule has 170 valence electrons. The van der Waals surface area contributed by atoms with Gasteiger partial charge < -0.3 is 10.0 Å². The van der Waals surface area contributed by atoms with Crippen LogP contribution < -0.4 is 4.90 Å².